The molecule has 3 N–H and O–H groups in total. The Kier molecular flexibility index (Phi) is 6.22. The van der Waals surface area contributed by atoms with Gasteiger partial charge in [0.2, 0.25) is 11.8 Å². The lowest BCUT2D eigenvalue weighted by molar-refractivity contribution is 0.398. The molecule has 0 amide bonds. The molecule has 5 aromatic rings. The van der Waals surface area contributed by atoms with Gasteiger partial charge in [-0.05, 0) is 37.3 Å². The third-order valence-corrected chi connectivity index (χ3v) is 6.01. The summed E-state index contributed by atoms with van der Waals surface area (Å²) in [4.78, 5) is 31.3. The number of hydrogen-bond donors (Lipinski definition) is 2. The summed E-state index contributed by atoms with van der Waals surface area (Å²) in [5, 5.41) is 4.07. The van der Waals surface area contributed by atoms with Crippen LogP contribution >= 0.6 is 11.6 Å². The summed E-state index contributed by atoms with van der Waals surface area (Å²) in [7, 11) is 1.55. The van der Waals surface area contributed by atoms with Crippen LogP contribution in [-0.4, -0.2) is 31.6 Å². The Balaban J connectivity index is 1.64. The molecular weight excluding hydrogens is 478 g/mol. The van der Waals surface area contributed by atoms with Gasteiger partial charge in [0.1, 0.15) is 11.6 Å². The Morgan fingerprint density at radius 3 is 2.53 bits per heavy atom. The van der Waals surface area contributed by atoms with Gasteiger partial charge < -0.3 is 15.8 Å². The van der Waals surface area contributed by atoms with Crippen molar-refractivity contribution in [3.8, 4) is 22.7 Å². The number of fused-ring (bicyclic) bond motifs is 1. The molecule has 0 aliphatic heterocycles. The van der Waals surface area contributed by atoms with E-state index >= 15 is 0 Å². The highest BCUT2D eigenvalue weighted by molar-refractivity contribution is 6.35. The second-order valence-electron chi connectivity index (χ2n) is 8.03. The van der Waals surface area contributed by atoms with Crippen molar-refractivity contribution in [1.29, 1.82) is 0 Å². The molecule has 0 saturated carbocycles. The first-order chi connectivity index (χ1) is 17.5. The molecule has 0 saturated heterocycles. The van der Waals surface area contributed by atoms with E-state index in [0.29, 0.717) is 44.7 Å². The van der Waals surface area contributed by atoms with E-state index in [0.717, 1.165) is 5.56 Å². The molecule has 10 heteroatoms. The summed E-state index contributed by atoms with van der Waals surface area (Å²) < 4.78 is 6.72. The SMILES string of the molecule is COc1ccc(-c2cnc(N)nc2N[C@H](C)c2nc3cccc(Cl)c3c(=O)n2-c2ccccc2)cn1. The zero-order valence-electron chi connectivity index (χ0n) is 19.5. The van der Waals surface area contributed by atoms with Crippen molar-refractivity contribution in [2.24, 2.45) is 0 Å². The Bertz CT molecular complexity index is 1610. The fraction of sp³-hybridized carbons (Fsp3) is 0.115. The number of nitrogen functional groups attached to an aromatic ring is 1. The number of benzene rings is 2. The molecule has 0 radical (unpaired) electrons. The zero-order chi connectivity index (χ0) is 25.2. The molecule has 3 aromatic heterocycles. The Hall–Kier alpha value is -4.50. The van der Waals surface area contributed by atoms with Gasteiger partial charge in [0.25, 0.3) is 5.56 Å². The fourth-order valence-corrected chi connectivity index (χ4v) is 4.22. The molecule has 0 spiro atoms. The Labute approximate surface area is 211 Å². The molecule has 5 rings (SSSR count). The lowest BCUT2D eigenvalue weighted by Gasteiger charge is -2.21. The number of nitrogens with zero attached hydrogens (tertiary/aromatic N) is 5. The standard InChI is InChI=1S/C26H22ClN7O2/c1-15(31-23-18(14-30-26(28)33-23)16-11-12-21(36-2)29-13-16)24-32-20-10-6-9-19(27)22(20)25(35)34(24)17-7-4-3-5-8-17/h3-15H,1-2H3,(H3,28,30,31,33)/t15-/m1/s1. The van der Waals surface area contributed by atoms with Gasteiger partial charge in [0.05, 0.1) is 34.8 Å². The fourth-order valence-electron chi connectivity index (χ4n) is 3.97. The van der Waals surface area contributed by atoms with Crippen LogP contribution in [0, 0.1) is 0 Å². The summed E-state index contributed by atoms with van der Waals surface area (Å²) in [6.45, 7) is 1.89. The van der Waals surface area contributed by atoms with Crippen molar-refractivity contribution in [3.63, 3.8) is 0 Å². The summed E-state index contributed by atoms with van der Waals surface area (Å²) in [6, 6.07) is 17.7. The number of halogens is 1. The zero-order valence-corrected chi connectivity index (χ0v) is 20.3. The summed E-state index contributed by atoms with van der Waals surface area (Å²) in [5.74, 6) is 1.55. The van der Waals surface area contributed by atoms with Gasteiger partial charge in [-0.25, -0.2) is 15.0 Å². The Morgan fingerprint density at radius 1 is 1.00 bits per heavy atom. The molecule has 180 valence electrons. The lowest BCUT2D eigenvalue weighted by atomic mass is 10.1. The van der Waals surface area contributed by atoms with Gasteiger partial charge in [-0.2, -0.15) is 4.98 Å². The molecule has 0 fully saturated rings. The summed E-state index contributed by atoms with van der Waals surface area (Å²) in [6.07, 6.45) is 3.29. The molecule has 0 unspecified atom stereocenters. The number of aromatic nitrogens is 5. The summed E-state index contributed by atoms with van der Waals surface area (Å²) in [5.41, 5.74) is 8.28. The molecule has 2 aromatic carbocycles. The van der Waals surface area contributed by atoms with Crippen molar-refractivity contribution in [1.82, 2.24) is 24.5 Å². The van der Waals surface area contributed by atoms with E-state index in [9.17, 15) is 4.79 Å². The van der Waals surface area contributed by atoms with Gasteiger partial charge >= 0.3 is 0 Å². The van der Waals surface area contributed by atoms with Crippen molar-refractivity contribution < 1.29 is 4.74 Å². The molecule has 36 heavy (non-hydrogen) atoms. The van der Waals surface area contributed by atoms with Crippen LogP contribution in [0.2, 0.25) is 5.02 Å². The highest BCUT2D eigenvalue weighted by Crippen LogP contribution is 2.30. The highest BCUT2D eigenvalue weighted by Gasteiger charge is 2.21. The average Bonchev–Trinajstić information content (AvgIpc) is 2.89. The maximum absolute atomic E-state index is 13.7. The number of pyridine rings is 1. The molecule has 0 bridgehead atoms. The predicted molar refractivity (Wildman–Crippen MR) is 141 cm³/mol. The van der Waals surface area contributed by atoms with Crippen molar-refractivity contribution in [2.45, 2.75) is 13.0 Å². The van der Waals surface area contributed by atoms with Crippen LogP contribution in [-0.2, 0) is 0 Å². The molecule has 1 atom stereocenters. The van der Waals surface area contributed by atoms with Gasteiger partial charge in [-0.1, -0.05) is 35.9 Å². The van der Waals surface area contributed by atoms with E-state index in [1.165, 1.54) is 0 Å². The van der Waals surface area contributed by atoms with Crippen molar-refractivity contribution in [2.75, 3.05) is 18.2 Å². The molecular formula is C26H22ClN7O2. The molecule has 9 nitrogen and oxygen atoms in total. The molecule has 0 aliphatic rings. The topological polar surface area (TPSA) is 121 Å². The van der Waals surface area contributed by atoms with E-state index in [4.69, 9.17) is 27.1 Å². The quantitative estimate of drug-likeness (QED) is 0.346. The minimum absolute atomic E-state index is 0.105. The lowest BCUT2D eigenvalue weighted by Crippen LogP contribution is -2.27. The Morgan fingerprint density at radius 2 is 1.81 bits per heavy atom. The highest BCUT2D eigenvalue weighted by atomic mass is 35.5. The second kappa shape index (κ2) is 9.63. The van der Waals surface area contributed by atoms with E-state index in [-0.39, 0.29) is 11.5 Å². The number of nitrogens with two attached hydrogens (primary N) is 1. The van der Waals surface area contributed by atoms with E-state index in [1.807, 2.05) is 43.3 Å². The number of rotatable bonds is 6. The third kappa shape index (κ3) is 4.32. The summed E-state index contributed by atoms with van der Waals surface area (Å²) >= 11 is 6.40. The van der Waals surface area contributed by atoms with Crippen LogP contribution in [0.25, 0.3) is 27.7 Å². The minimum Gasteiger partial charge on any atom is -0.481 e. The number of anilines is 2. The maximum atomic E-state index is 13.7. The van der Waals surface area contributed by atoms with Gasteiger partial charge in [-0.15, -0.1) is 0 Å². The van der Waals surface area contributed by atoms with Gasteiger partial charge in [0.15, 0.2) is 0 Å². The van der Waals surface area contributed by atoms with E-state index < -0.39 is 6.04 Å². The monoisotopic (exact) mass is 499 g/mol. The van der Waals surface area contributed by atoms with Crippen LogP contribution in [0.1, 0.15) is 18.8 Å². The number of hydrogen-bond acceptors (Lipinski definition) is 8. The normalized spacial score (nSPS) is 11.9. The van der Waals surface area contributed by atoms with Crippen LogP contribution < -0.4 is 21.3 Å². The first kappa shape index (κ1) is 23.3. The number of ether oxygens (including phenoxy) is 1. The van der Waals surface area contributed by atoms with Gasteiger partial charge in [0, 0.05) is 29.6 Å². The first-order valence-electron chi connectivity index (χ1n) is 11.1. The van der Waals surface area contributed by atoms with E-state index in [1.54, 1.807) is 48.3 Å². The van der Waals surface area contributed by atoms with Gasteiger partial charge in [-0.3, -0.25) is 9.36 Å². The van der Waals surface area contributed by atoms with Crippen LogP contribution in [0.3, 0.4) is 0 Å². The molecule has 3 heterocycles. The van der Waals surface area contributed by atoms with Crippen molar-refractivity contribution >= 4 is 34.3 Å². The first-order valence-corrected chi connectivity index (χ1v) is 11.5. The smallest absolute Gasteiger partial charge is 0.267 e. The number of para-hydroxylation sites is 1. The largest absolute Gasteiger partial charge is 0.481 e. The van der Waals surface area contributed by atoms with Crippen LogP contribution in [0.4, 0.5) is 11.8 Å². The predicted octanol–water partition coefficient (Wildman–Crippen LogP) is 4.66. The number of methoxy groups -OCH3 is 1. The minimum atomic E-state index is -0.458. The second-order valence-corrected chi connectivity index (χ2v) is 8.43. The maximum Gasteiger partial charge on any atom is 0.267 e. The third-order valence-electron chi connectivity index (χ3n) is 5.69. The van der Waals surface area contributed by atoms with Crippen molar-refractivity contribution in [3.05, 3.63) is 94.3 Å². The van der Waals surface area contributed by atoms with E-state index in [2.05, 4.69) is 20.3 Å². The molecule has 0 aliphatic carbocycles. The number of nitrogens with one attached hydrogen (secondary N) is 1. The van der Waals surface area contributed by atoms with Crippen LogP contribution in [0.15, 0.2) is 77.9 Å². The average molecular weight is 500 g/mol. The van der Waals surface area contributed by atoms with Crippen LogP contribution in [0.5, 0.6) is 5.88 Å².